The van der Waals surface area contributed by atoms with Crippen LogP contribution in [0.25, 0.3) is 0 Å². The van der Waals surface area contributed by atoms with Gasteiger partial charge in [-0.1, -0.05) is 0 Å². The highest BCUT2D eigenvalue weighted by atomic mass is 16.2. The molecule has 6 heteroatoms. The third kappa shape index (κ3) is 2.45. The molecule has 0 unspecified atom stereocenters. The minimum atomic E-state index is 0.191. The fourth-order valence-electron chi connectivity index (χ4n) is 2.13. The molecule has 0 saturated carbocycles. The summed E-state index contributed by atoms with van der Waals surface area (Å²) in [6.45, 7) is 2.87. The van der Waals surface area contributed by atoms with Crippen LogP contribution in [0.5, 0.6) is 0 Å². The molecule has 1 amide bonds. The van der Waals surface area contributed by atoms with Crippen LogP contribution in [0.15, 0.2) is 18.3 Å². The maximum Gasteiger partial charge on any atom is 0.214 e. The molecule has 1 aliphatic heterocycles. The zero-order chi connectivity index (χ0) is 13.0. The van der Waals surface area contributed by atoms with Gasteiger partial charge in [0.1, 0.15) is 19.7 Å². The van der Waals surface area contributed by atoms with Crippen LogP contribution >= 0.6 is 0 Å². The Hall–Kier alpha value is -2.03. The number of carbonyl (C=O) groups is 1. The normalized spacial score (nSPS) is 15.3. The second-order valence-electron chi connectivity index (χ2n) is 4.21. The van der Waals surface area contributed by atoms with E-state index < -0.39 is 0 Å². The van der Waals surface area contributed by atoms with Crippen molar-refractivity contribution >= 4 is 19.6 Å². The monoisotopic (exact) mass is 242 g/mol. The second-order valence-corrected chi connectivity index (χ2v) is 4.21. The number of nitrogens with zero attached hydrogens (tertiary/aromatic N) is 4. The topological polar surface area (TPSA) is 60.2 Å². The van der Waals surface area contributed by atoms with Crippen LogP contribution in [-0.4, -0.2) is 49.8 Å². The molecule has 1 aromatic rings. The van der Waals surface area contributed by atoms with Crippen molar-refractivity contribution < 1.29 is 4.79 Å². The van der Waals surface area contributed by atoms with Gasteiger partial charge in [-0.3, -0.25) is 4.79 Å². The fraction of sp³-hybridized carbons (Fsp3) is 0.417. The molecule has 2 heterocycles. The highest BCUT2D eigenvalue weighted by molar-refractivity contribution is 6.19. The van der Waals surface area contributed by atoms with Crippen LogP contribution in [-0.2, 0) is 4.79 Å². The molecule has 0 bridgehead atoms. The summed E-state index contributed by atoms with van der Waals surface area (Å²) in [5, 5.41) is 9.05. The third-order valence-electron chi connectivity index (χ3n) is 3.14. The zero-order valence-corrected chi connectivity index (χ0v) is 10.5. The van der Waals surface area contributed by atoms with Gasteiger partial charge in [0.05, 0.1) is 5.56 Å². The second kappa shape index (κ2) is 5.54. The summed E-state index contributed by atoms with van der Waals surface area (Å²) in [6, 6.07) is 5.69. The molecular weight excluding hydrogens is 227 g/mol. The molecule has 1 aliphatic rings. The minimum absolute atomic E-state index is 0.191. The lowest BCUT2D eigenvalue weighted by molar-refractivity contribution is -0.129. The number of aromatic nitrogens is 1. The number of piperazine rings is 1. The quantitative estimate of drug-likeness (QED) is 0.665. The fourth-order valence-corrected chi connectivity index (χ4v) is 2.13. The Kier molecular flexibility index (Phi) is 3.83. The molecule has 92 valence electrons. The standard InChI is InChI=1S/C12H15BN4O/c13-8-11(18)16-4-6-17(7-5-16)12-10(9-14)2-1-3-15-12/h1-3H,4-8,13H2. The van der Waals surface area contributed by atoms with Crippen LogP contribution in [0.2, 0.25) is 6.32 Å². The molecule has 1 fully saturated rings. The van der Waals surface area contributed by atoms with E-state index in [1.807, 2.05) is 12.7 Å². The SMILES string of the molecule is BCC(=O)N1CCN(c2ncccc2C#N)CC1. The summed E-state index contributed by atoms with van der Waals surface area (Å²) in [7, 11) is 1.88. The molecule has 1 saturated heterocycles. The van der Waals surface area contributed by atoms with Gasteiger partial charge in [-0.25, -0.2) is 4.98 Å². The van der Waals surface area contributed by atoms with E-state index in [1.54, 1.807) is 18.3 Å². The van der Waals surface area contributed by atoms with E-state index in [0.29, 0.717) is 25.0 Å². The summed E-state index contributed by atoms with van der Waals surface area (Å²) in [5.74, 6) is 0.916. The van der Waals surface area contributed by atoms with E-state index in [4.69, 9.17) is 5.26 Å². The summed E-state index contributed by atoms with van der Waals surface area (Å²) in [4.78, 5) is 19.8. The molecule has 18 heavy (non-hydrogen) atoms. The first-order valence-corrected chi connectivity index (χ1v) is 6.14. The van der Waals surface area contributed by atoms with Crippen molar-refractivity contribution in [2.24, 2.45) is 0 Å². The molecule has 0 spiro atoms. The Bertz CT molecular complexity index is 477. The predicted octanol–water partition coefficient (Wildman–Crippen LogP) is -0.347. The first kappa shape index (κ1) is 12.4. The molecule has 0 atom stereocenters. The van der Waals surface area contributed by atoms with Gasteiger partial charge in [-0.2, -0.15) is 5.26 Å². The van der Waals surface area contributed by atoms with Crippen molar-refractivity contribution in [2.75, 3.05) is 31.1 Å². The van der Waals surface area contributed by atoms with E-state index in [1.165, 1.54) is 0 Å². The highest BCUT2D eigenvalue weighted by Crippen LogP contribution is 2.18. The summed E-state index contributed by atoms with van der Waals surface area (Å²) in [6.07, 6.45) is 2.24. The Morgan fingerprint density at radius 1 is 1.44 bits per heavy atom. The van der Waals surface area contributed by atoms with Crippen molar-refractivity contribution in [3.8, 4) is 6.07 Å². The number of anilines is 1. The number of hydrogen-bond donors (Lipinski definition) is 0. The van der Waals surface area contributed by atoms with Crippen LogP contribution in [0.3, 0.4) is 0 Å². The van der Waals surface area contributed by atoms with Gasteiger partial charge in [-0.05, 0) is 18.5 Å². The highest BCUT2D eigenvalue weighted by Gasteiger charge is 2.22. The maximum atomic E-state index is 11.6. The van der Waals surface area contributed by atoms with E-state index in [-0.39, 0.29) is 5.91 Å². The van der Waals surface area contributed by atoms with Gasteiger partial charge in [0, 0.05) is 32.4 Å². The smallest absolute Gasteiger partial charge is 0.214 e. The third-order valence-corrected chi connectivity index (χ3v) is 3.14. The van der Waals surface area contributed by atoms with Crippen molar-refractivity contribution in [1.82, 2.24) is 9.88 Å². The van der Waals surface area contributed by atoms with Gasteiger partial charge in [-0.15, -0.1) is 0 Å². The van der Waals surface area contributed by atoms with E-state index in [9.17, 15) is 4.79 Å². The average molecular weight is 242 g/mol. The Balaban J connectivity index is 2.06. The van der Waals surface area contributed by atoms with Gasteiger partial charge in [0.25, 0.3) is 0 Å². The average Bonchev–Trinajstić information content (AvgIpc) is 2.46. The molecule has 1 aromatic heterocycles. The number of amides is 1. The molecule has 5 nitrogen and oxygen atoms in total. The minimum Gasteiger partial charge on any atom is -0.352 e. The molecule has 0 N–H and O–H groups in total. The van der Waals surface area contributed by atoms with Crippen LogP contribution < -0.4 is 4.90 Å². The van der Waals surface area contributed by atoms with Crippen molar-refractivity contribution in [3.63, 3.8) is 0 Å². The Morgan fingerprint density at radius 2 is 2.17 bits per heavy atom. The summed E-state index contributed by atoms with van der Waals surface area (Å²) >= 11 is 0. The largest absolute Gasteiger partial charge is 0.352 e. The van der Waals surface area contributed by atoms with Gasteiger partial charge >= 0.3 is 0 Å². The van der Waals surface area contributed by atoms with Crippen LogP contribution in [0.1, 0.15) is 5.56 Å². The van der Waals surface area contributed by atoms with Gasteiger partial charge in [0.15, 0.2) is 0 Å². The number of rotatable bonds is 2. The molecule has 2 rings (SSSR count). The molecule has 0 aromatic carbocycles. The predicted molar refractivity (Wildman–Crippen MR) is 71.1 cm³/mol. The maximum absolute atomic E-state index is 11.6. The van der Waals surface area contributed by atoms with Gasteiger partial charge < -0.3 is 9.80 Å². The number of pyridine rings is 1. The molecule has 0 radical (unpaired) electrons. The number of nitriles is 1. The van der Waals surface area contributed by atoms with Crippen molar-refractivity contribution in [2.45, 2.75) is 6.32 Å². The van der Waals surface area contributed by atoms with E-state index in [0.717, 1.165) is 18.9 Å². The lowest BCUT2D eigenvalue weighted by Crippen LogP contribution is -2.49. The number of hydrogen-bond acceptors (Lipinski definition) is 4. The molecule has 0 aliphatic carbocycles. The lowest BCUT2D eigenvalue weighted by atomic mass is 10.0. The van der Waals surface area contributed by atoms with E-state index in [2.05, 4.69) is 16.0 Å². The van der Waals surface area contributed by atoms with Crippen LogP contribution in [0.4, 0.5) is 5.82 Å². The lowest BCUT2D eigenvalue weighted by Gasteiger charge is -2.35. The Labute approximate surface area is 107 Å². The first-order chi connectivity index (χ1) is 8.76. The van der Waals surface area contributed by atoms with Crippen LogP contribution in [0, 0.1) is 11.3 Å². The van der Waals surface area contributed by atoms with Crippen molar-refractivity contribution in [3.05, 3.63) is 23.9 Å². The van der Waals surface area contributed by atoms with Gasteiger partial charge in [0.2, 0.25) is 5.91 Å². The number of carbonyl (C=O) groups excluding carboxylic acids is 1. The zero-order valence-electron chi connectivity index (χ0n) is 10.5. The van der Waals surface area contributed by atoms with E-state index >= 15 is 0 Å². The molecular formula is C12H15BN4O. The summed E-state index contributed by atoms with van der Waals surface area (Å²) in [5.41, 5.74) is 0.591. The Morgan fingerprint density at radius 3 is 2.78 bits per heavy atom. The first-order valence-electron chi connectivity index (χ1n) is 6.14. The van der Waals surface area contributed by atoms with Crippen molar-refractivity contribution in [1.29, 1.82) is 5.26 Å². The summed E-state index contributed by atoms with van der Waals surface area (Å²) < 4.78 is 0.